The Morgan fingerprint density at radius 2 is 1.60 bits per heavy atom. The quantitative estimate of drug-likeness (QED) is 0.464. The number of alkyl carbamates (subject to hydrolysis) is 1. The van der Waals surface area contributed by atoms with Crippen LogP contribution in [0.25, 0.3) is 11.1 Å². The van der Waals surface area contributed by atoms with E-state index >= 15 is 8.78 Å². The van der Waals surface area contributed by atoms with Gasteiger partial charge in [-0.25, -0.2) is 9.59 Å². The number of carbonyl (C=O) groups excluding carboxylic acids is 2. The predicted molar refractivity (Wildman–Crippen MR) is 124 cm³/mol. The maximum atomic E-state index is 15.1. The lowest BCUT2D eigenvalue weighted by molar-refractivity contribution is -0.155. The third-order valence-electron chi connectivity index (χ3n) is 6.58. The number of aliphatic carboxylic acids is 1. The molecule has 1 fully saturated rings. The first-order valence-electron chi connectivity index (χ1n) is 11.8. The number of rotatable bonds is 10. The van der Waals surface area contributed by atoms with Gasteiger partial charge >= 0.3 is 18.0 Å². The number of amides is 2. The van der Waals surface area contributed by atoms with E-state index in [0.29, 0.717) is 19.3 Å². The minimum atomic E-state index is -3.99. The zero-order valence-corrected chi connectivity index (χ0v) is 19.3. The fraction of sp³-hybridized carbons (Fsp3) is 0.423. The highest BCUT2D eigenvalue weighted by molar-refractivity contribution is 5.89. The topological polar surface area (TPSA) is 105 Å². The number of ether oxygens (including phenoxy) is 1. The first-order valence-corrected chi connectivity index (χ1v) is 11.8. The molecule has 0 spiro atoms. The van der Waals surface area contributed by atoms with Crippen LogP contribution < -0.4 is 10.6 Å². The molecular formula is C26H28F2N2O5. The average Bonchev–Trinajstić information content (AvgIpc) is 3.63. The summed E-state index contributed by atoms with van der Waals surface area (Å²) in [6.07, 6.45) is 0.223. The molecule has 0 aromatic heterocycles. The summed E-state index contributed by atoms with van der Waals surface area (Å²) >= 11 is 0. The van der Waals surface area contributed by atoms with Crippen LogP contribution in [0.1, 0.15) is 49.7 Å². The van der Waals surface area contributed by atoms with Crippen molar-refractivity contribution in [3.05, 3.63) is 59.7 Å². The lowest BCUT2D eigenvalue weighted by Gasteiger charge is -2.28. The number of nitrogens with one attached hydrogen (secondary N) is 2. The van der Waals surface area contributed by atoms with Gasteiger partial charge in [-0.3, -0.25) is 4.79 Å². The smallest absolute Gasteiger partial charge is 0.407 e. The highest BCUT2D eigenvalue weighted by Gasteiger charge is 2.55. The fourth-order valence-corrected chi connectivity index (χ4v) is 4.64. The summed E-state index contributed by atoms with van der Waals surface area (Å²) in [7, 11) is 0. The van der Waals surface area contributed by atoms with Crippen LogP contribution >= 0.6 is 0 Å². The van der Waals surface area contributed by atoms with Crippen molar-refractivity contribution in [2.24, 2.45) is 5.92 Å². The van der Waals surface area contributed by atoms with Gasteiger partial charge < -0.3 is 20.5 Å². The summed E-state index contributed by atoms with van der Waals surface area (Å²) < 4.78 is 35.5. The third kappa shape index (κ3) is 5.13. The van der Waals surface area contributed by atoms with Gasteiger partial charge in [-0.2, -0.15) is 8.78 Å². The molecule has 0 heterocycles. The molecule has 2 aliphatic carbocycles. The standard InChI is InChI=1S/C26H28F2N2O5/c1-2-7-21(23(31)32)29-24(33)26(27,28)22(15-12-13-15)30-25(34)35-14-20-18-10-5-3-8-16(18)17-9-4-6-11-19(17)20/h3-6,8-11,15,20-22H,2,7,12-14H2,1H3,(H,29,33)(H,30,34)(H,31,32)/t21-,22?/m0/s1. The summed E-state index contributed by atoms with van der Waals surface area (Å²) in [6.45, 7) is 1.64. The molecule has 0 radical (unpaired) electrons. The Balaban J connectivity index is 1.43. The first-order chi connectivity index (χ1) is 16.7. The Hall–Kier alpha value is -3.49. The number of halogens is 2. The van der Waals surface area contributed by atoms with Gasteiger partial charge in [0.2, 0.25) is 0 Å². The van der Waals surface area contributed by atoms with Crippen molar-refractivity contribution in [1.29, 1.82) is 0 Å². The van der Waals surface area contributed by atoms with E-state index < -0.39 is 41.9 Å². The first kappa shape index (κ1) is 24.6. The Morgan fingerprint density at radius 3 is 2.11 bits per heavy atom. The van der Waals surface area contributed by atoms with Crippen LogP contribution in [0.4, 0.5) is 13.6 Å². The molecular weight excluding hydrogens is 458 g/mol. The summed E-state index contributed by atoms with van der Waals surface area (Å²) in [5, 5.41) is 13.3. The Morgan fingerprint density at radius 1 is 1.03 bits per heavy atom. The van der Waals surface area contributed by atoms with Crippen molar-refractivity contribution >= 4 is 18.0 Å². The second-order valence-electron chi connectivity index (χ2n) is 9.06. The number of hydrogen-bond acceptors (Lipinski definition) is 4. The summed E-state index contributed by atoms with van der Waals surface area (Å²) in [4.78, 5) is 36.2. The molecule has 1 saturated carbocycles. The van der Waals surface area contributed by atoms with Crippen LogP contribution in [0, 0.1) is 5.92 Å². The molecule has 35 heavy (non-hydrogen) atoms. The fourth-order valence-electron chi connectivity index (χ4n) is 4.64. The van der Waals surface area contributed by atoms with Crippen molar-refractivity contribution in [2.45, 2.75) is 56.5 Å². The number of carboxylic acid groups (broad SMARTS) is 1. The zero-order chi connectivity index (χ0) is 25.2. The molecule has 3 N–H and O–H groups in total. The number of alkyl halides is 2. The number of benzene rings is 2. The molecule has 186 valence electrons. The van der Waals surface area contributed by atoms with E-state index in [1.807, 2.05) is 53.8 Å². The van der Waals surface area contributed by atoms with Crippen LogP contribution in [0.15, 0.2) is 48.5 Å². The van der Waals surface area contributed by atoms with Crippen LogP contribution in [0.3, 0.4) is 0 Å². The predicted octanol–water partition coefficient (Wildman–Crippen LogP) is 4.31. The molecule has 2 aromatic carbocycles. The molecule has 4 rings (SSSR count). The third-order valence-corrected chi connectivity index (χ3v) is 6.58. The number of carboxylic acids is 1. The van der Waals surface area contributed by atoms with Crippen molar-refractivity contribution in [3.8, 4) is 11.1 Å². The lowest BCUT2D eigenvalue weighted by atomic mass is 9.98. The summed E-state index contributed by atoms with van der Waals surface area (Å²) in [5.74, 6) is -7.92. The molecule has 0 aliphatic heterocycles. The van der Waals surface area contributed by atoms with Gasteiger partial charge in [-0.1, -0.05) is 61.9 Å². The van der Waals surface area contributed by atoms with Crippen molar-refractivity contribution in [2.75, 3.05) is 6.61 Å². The maximum absolute atomic E-state index is 15.1. The van der Waals surface area contributed by atoms with Gasteiger partial charge in [0.1, 0.15) is 18.7 Å². The monoisotopic (exact) mass is 486 g/mol. The van der Waals surface area contributed by atoms with E-state index in [1.54, 1.807) is 6.92 Å². The molecule has 2 atom stereocenters. The maximum Gasteiger partial charge on any atom is 0.407 e. The molecule has 2 aromatic rings. The SMILES string of the molecule is CCC[C@H](NC(=O)C(F)(F)C(NC(=O)OCC1c2ccccc2-c2ccccc21)C1CC1)C(=O)O. The van der Waals surface area contributed by atoms with Crippen LogP contribution in [-0.4, -0.2) is 47.7 Å². The van der Waals surface area contributed by atoms with Gasteiger partial charge in [0, 0.05) is 5.92 Å². The minimum Gasteiger partial charge on any atom is -0.480 e. The number of fused-ring (bicyclic) bond motifs is 3. The highest BCUT2D eigenvalue weighted by Crippen LogP contribution is 2.44. The average molecular weight is 487 g/mol. The van der Waals surface area contributed by atoms with Gasteiger partial charge in [0.25, 0.3) is 5.91 Å². The van der Waals surface area contributed by atoms with Gasteiger partial charge in [0.05, 0.1) is 0 Å². The van der Waals surface area contributed by atoms with Crippen LogP contribution in [-0.2, 0) is 14.3 Å². The molecule has 7 nitrogen and oxygen atoms in total. The van der Waals surface area contributed by atoms with Crippen molar-refractivity contribution < 1.29 is 33.0 Å². The number of carbonyl (C=O) groups is 3. The van der Waals surface area contributed by atoms with E-state index in [0.717, 1.165) is 22.3 Å². The van der Waals surface area contributed by atoms with Gasteiger partial charge in [-0.05, 0) is 47.4 Å². The minimum absolute atomic E-state index is 0.0189. The largest absolute Gasteiger partial charge is 0.480 e. The Labute approximate surface area is 201 Å². The normalized spacial score (nSPS) is 16.5. The van der Waals surface area contributed by atoms with E-state index in [9.17, 15) is 19.5 Å². The molecule has 2 aliphatic rings. The number of hydrogen-bond donors (Lipinski definition) is 3. The van der Waals surface area contributed by atoms with Crippen molar-refractivity contribution in [3.63, 3.8) is 0 Å². The Kier molecular flexibility index (Phi) is 7.05. The summed E-state index contributed by atoms with van der Waals surface area (Å²) in [6, 6.07) is 12.3. The molecule has 0 saturated heterocycles. The second kappa shape index (κ2) is 10.0. The van der Waals surface area contributed by atoms with Crippen LogP contribution in [0.5, 0.6) is 0 Å². The van der Waals surface area contributed by atoms with Crippen LogP contribution in [0.2, 0.25) is 0 Å². The second-order valence-corrected chi connectivity index (χ2v) is 9.06. The summed E-state index contributed by atoms with van der Waals surface area (Å²) in [5.41, 5.74) is 4.05. The van der Waals surface area contributed by atoms with E-state index in [-0.39, 0.29) is 18.9 Å². The molecule has 1 unspecified atom stereocenters. The van der Waals surface area contributed by atoms with Gasteiger partial charge in [0.15, 0.2) is 0 Å². The highest BCUT2D eigenvalue weighted by atomic mass is 19.3. The van der Waals surface area contributed by atoms with E-state index in [1.165, 1.54) is 0 Å². The van der Waals surface area contributed by atoms with Crippen molar-refractivity contribution in [1.82, 2.24) is 10.6 Å². The Bertz CT molecular complexity index is 1070. The molecule has 2 amide bonds. The van der Waals surface area contributed by atoms with E-state index in [4.69, 9.17) is 4.74 Å². The molecule has 9 heteroatoms. The van der Waals surface area contributed by atoms with E-state index in [2.05, 4.69) is 5.32 Å². The zero-order valence-electron chi connectivity index (χ0n) is 19.3. The lowest BCUT2D eigenvalue weighted by Crippen LogP contribution is -2.59. The molecule has 0 bridgehead atoms. The van der Waals surface area contributed by atoms with Gasteiger partial charge in [-0.15, -0.1) is 0 Å².